The van der Waals surface area contributed by atoms with E-state index in [9.17, 15) is 0 Å². The highest BCUT2D eigenvalue weighted by atomic mass is 15.0. The van der Waals surface area contributed by atoms with Gasteiger partial charge >= 0.3 is 0 Å². The van der Waals surface area contributed by atoms with Gasteiger partial charge in [-0.15, -0.1) is 0 Å². The summed E-state index contributed by atoms with van der Waals surface area (Å²) in [5.41, 5.74) is 11.9. The van der Waals surface area contributed by atoms with Crippen LogP contribution in [0.3, 0.4) is 0 Å². The first-order chi connectivity index (χ1) is 23.3. The van der Waals surface area contributed by atoms with Crippen molar-refractivity contribution in [1.29, 1.82) is 0 Å². The van der Waals surface area contributed by atoms with Gasteiger partial charge in [0.25, 0.3) is 0 Å². The zero-order valence-electron chi connectivity index (χ0n) is 25.6. The molecular weight excluding hydrogens is 571 g/mol. The van der Waals surface area contributed by atoms with Crippen molar-refractivity contribution >= 4 is 54.5 Å². The Morgan fingerprint density at radius 3 is 1.70 bits per heavy atom. The van der Waals surface area contributed by atoms with Crippen molar-refractivity contribution in [3.05, 3.63) is 176 Å². The topological polar surface area (TPSA) is 14.8 Å². The Morgan fingerprint density at radius 2 is 0.915 bits per heavy atom. The molecule has 0 atom stereocenters. The maximum absolute atomic E-state index is 2.46. The number of benzene rings is 7. The fraction of sp³-hybridized carbons (Fsp3) is 0. The van der Waals surface area contributed by atoms with E-state index in [1.165, 1.54) is 65.6 Å². The van der Waals surface area contributed by atoms with E-state index in [-0.39, 0.29) is 0 Å². The minimum Gasteiger partial charge on any atom is -0.315 e. The first kappa shape index (κ1) is 26.0. The summed E-state index contributed by atoms with van der Waals surface area (Å²) in [6.45, 7) is 0. The van der Waals surface area contributed by atoms with Crippen molar-refractivity contribution < 1.29 is 0 Å². The molecule has 0 bridgehead atoms. The fourth-order valence-corrected chi connectivity index (χ4v) is 7.57. The summed E-state index contributed by atoms with van der Waals surface area (Å²) in [7, 11) is 0. The van der Waals surface area contributed by atoms with E-state index in [0.717, 1.165) is 17.1 Å². The number of hydrogen-bond donors (Lipinski definition) is 0. The first-order valence-corrected chi connectivity index (χ1v) is 16.1. The average molecular weight is 600 g/mol. The van der Waals surface area contributed by atoms with Crippen molar-refractivity contribution in [3.8, 4) is 28.2 Å². The van der Waals surface area contributed by atoms with Gasteiger partial charge in [-0.25, -0.2) is 0 Å². The molecule has 0 saturated carbocycles. The summed E-state index contributed by atoms with van der Waals surface area (Å²) >= 11 is 0. The molecule has 10 rings (SSSR count). The number of fused-ring (bicyclic) bond motifs is 8. The highest BCUT2D eigenvalue weighted by Crippen LogP contribution is 2.39. The van der Waals surface area contributed by atoms with Gasteiger partial charge in [0.05, 0.1) is 27.6 Å². The molecule has 3 heterocycles. The summed E-state index contributed by atoms with van der Waals surface area (Å²) < 4.78 is 7.21. The maximum Gasteiger partial charge on any atom is 0.0788 e. The molecule has 10 aromatic rings. The quantitative estimate of drug-likeness (QED) is 0.191. The van der Waals surface area contributed by atoms with Crippen molar-refractivity contribution in [2.24, 2.45) is 0 Å². The molecule has 0 fully saturated rings. The Kier molecular flexibility index (Phi) is 5.57. The second-order valence-electron chi connectivity index (χ2n) is 12.2. The van der Waals surface area contributed by atoms with Crippen LogP contribution in [-0.2, 0) is 0 Å². The highest BCUT2D eigenvalue weighted by Gasteiger charge is 2.19. The molecule has 0 aliphatic carbocycles. The lowest BCUT2D eigenvalue weighted by Crippen LogP contribution is -2.00. The molecule has 0 amide bonds. The second-order valence-corrected chi connectivity index (χ2v) is 12.2. The van der Waals surface area contributed by atoms with Crippen LogP contribution in [0.15, 0.2) is 176 Å². The summed E-state index contributed by atoms with van der Waals surface area (Å²) in [6, 6.07) is 61.5. The molecule has 0 N–H and O–H groups in total. The van der Waals surface area contributed by atoms with Gasteiger partial charge in [0.15, 0.2) is 0 Å². The number of aromatic nitrogens is 3. The standard InChI is InChI=1S/C44H29N3/c1-3-12-30(13-4-1)32-23-24-38-36-18-7-9-20-40(36)46(42(38)28-32)34-16-11-17-35(29-34)47-41-21-10-8-19-37(41)39-25-22-31-26-27-45(43(31)44(39)47)33-14-5-2-6-15-33/h1-29H. The molecule has 3 aromatic heterocycles. The van der Waals surface area contributed by atoms with Crippen LogP contribution in [0.4, 0.5) is 0 Å². The molecule has 220 valence electrons. The summed E-state index contributed by atoms with van der Waals surface area (Å²) in [4.78, 5) is 0. The lowest BCUT2D eigenvalue weighted by Gasteiger charge is -2.14. The minimum atomic E-state index is 1.13. The van der Waals surface area contributed by atoms with E-state index in [0.29, 0.717) is 0 Å². The Morgan fingerprint density at radius 1 is 0.319 bits per heavy atom. The first-order valence-electron chi connectivity index (χ1n) is 16.1. The van der Waals surface area contributed by atoms with Crippen LogP contribution in [-0.4, -0.2) is 13.7 Å². The van der Waals surface area contributed by atoms with Crippen LogP contribution in [0, 0.1) is 0 Å². The molecule has 0 spiro atoms. The highest BCUT2D eigenvalue weighted by molar-refractivity contribution is 6.18. The van der Waals surface area contributed by atoms with Gasteiger partial charge in [-0.3, -0.25) is 0 Å². The third-order valence-corrected chi connectivity index (χ3v) is 9.65. The zero-order chi connectivity index (χ0) is 30.9. The lowest BCUT2D eigenvalue weighted by atomic mass is 10.0. The zero-order valence-corrected chi connectivity index (χ0v) is 25.6. The summed E-state index contributed by atoms with van der Waals surface area (Å²) in [5.74, 6) is 0. The molecule has 0 radical (unpaired) electrons. The molecule has 3 heteroatoms. The Balaban J connectivity index is 1.27. The molecule has 0 saturated heterocycles. The predicted molar refractivity (Wildman–Crippen MR) is 197 cm³/mol. The number of rotatable bonds is 4. The molecular formula is C44H29N3. The van der Waals surface area contributed by atoms with Gasteiger partial charge in [-0.05, 0) is 65.7 Å². The van der Waals surface area contributed by atoms with Gasteiger partial charge in [-0.1, -0.05) is 115 Å². The molecule has 0 aliphatic heterocycles. The second kappa shape index (κ2) is 10.1. The Labute approximate surface area is 271 Å². The molecule has 7 aromatic carbocycles. The minimum absolute atomic E-state index is 1.13. The van der Waals surface area contributed by atoms with Gasteiger partial charge in [0, 0.05) is 50.2 Å². The van der Waals surface area contributed by atoms with Crippen LogP contribution in [0.25, 0.3) is 82.7 Å². The predicted octanol–water partition coefficient (Wildman–Crippen LogP) is 11.5. The summed E-state index contributed by atoms with van der Waals surface area (Å²) in [6.07, 6.45) is 2.19. The number of para-hydroxylation sites is 3. The summed E-state index contributed by atoms with van der Waals surface area (Å²) in [5, 5.41) is 6.23. The van der Waals surface area contributed by atoms with Gasteiger partial charge in [0.1, 0.15) is 0 Å². The van der Waals surface area contributed by atoms with Gasteiger partial charge in [-0.2, -0.15) is 0 Å². The van der Waals surface area contributed by atoms with Crippen LogP contribution >= 0.6 is 0 Å². The van der Waals surface area contributed by atoms with E-state index >= 15 is 0 Å². The number of nitrogens with zero attached hydrogens (tertiary/aromatic N) is 3. The normalized spacial score (nSPS) is 11.8. The molecule has 0 aliphatic rings. The third-order valence-electron chi connectivity index (χ3n) is 9.65. The lowest BCUT2D eigenvalue weighted by molar-refractivity contribution is 1.11. The number of hydrogen-bond acceptors (Lipinski definition) is 0. The van der Waals surface area contributed by atoms with Gasteiger partial charge in [0.2, 0.25) is 0 Å². The molecule has 0 unspecified atom stereocenters. The van der Waals surface area contributed by atoms with Crippen LogP contribution < -0.4 is 0 Å². The van der Waals surface area contributed by atoms with Crippen LogP contribution in [0.2, 0.25) is 0 Å². The van der Waals surface area contributed by atoms with Crippen LogP contribution in [0.5, 0.6) is 0 Å². The molecule has 47 heavy (non-hydrogen) atoms. The van der Waals surface area contributed by atoms with Crippen molar-refractivity contribution in [1.82, 2.24) is 13.7 Å². The smallest absolute Gasteiger partial charge is 0.0788 e. The van der Waals surface area contributed by atoms with E-state index in [4.69, 9.17) is 0 Å². The van der Waals surface area contributed by atoms with E-state index < -0.39 is 0 Å². The monoisotopic (exact) mass is 599 g/mol. The van der Waals surface area contributed by atoms with Crippen molar-refractivity contribution in [2.45, 2.75) is 0 Å². The fourth-order valence-electron chi connectivity index (χ4n) is 7.57. The van der Waals surface area contributed by atoms with E-state index in [1.807, 2.05) is 0 Å². The van der Waals surface area contributed by atoms with Crippen molar-refractivity contribution in [3.63, 3.8) is 0 Å². The Hall–Kier alpha value is -6.32. The van der Waals surface area contributed by atoms with E-state index in [2.05, 4.69) is 190 Å². The van der Waals surface area contributed by atoms with Gasteiger partial charge < -0.3 is 13.7 Å². The van der Waals surface area contributed by atoms with Crippen molar-refractivity contribution in [2.75, 3.05) is 0 Å². The largest absolute Gasteiger partial charge is 0.315 e. The van der Waals surface area contributed by atoms with E-state index in [1.54, 1.807) is 0 Å². The maximum atomic E-state index is 2.46. The average Bonchev–Trinajstić information content (AvgIpc) is 3.82. The SMILES string of the molecule is c1ccc(-c2ccc3c4ccccc4n(-c4cccc(-n5c6ccccc6c6ccc7ccn(-c8ccccc8)c7c65)c4)c3c2)cc1. The Bertz CT molecular complexity index is 2780. The van der Waals surface area contributed by atoms with Crippen LogP contribution in [0.1, 0.15) is 0 Å². The third kappa shape index (κ3) is 3.87. The molecule has 3 nitrogen and oxygen atoms in total.